The third-order valence-electron chi connectivity index (χ3n) is 2.73. The van der Waals surface area contributed by atoms with Crippen molar-refractivity contribution in [1.82, 2.24) is 0 Å². The molecular weight excluding hydrogens is 216 g/mol. The first-order valence-corrected chi connectivity index (χ1v) is 5.63. The maximum absolute atomic E-state index is 12.1. The Hall–Kier alpha value is -1.81. The van der Waals surface area contributed by atoms with Crippen LogP contribution >= 0.6 is 0 Å². The Labute approximate surface area is 101 Å². The largest absolute Gasteiger partial charge is 0.490 e. The number of hydrogen-bond acceptors (Lipinski definition) is 3. The summed E-state index contributed by atoms with van der Waals surface area (Å²) in [6, 6.07) is 6.96. The topological polar surface area (TPSA) is 55.6 Å². The van der Waals surface area contributed by atoms with Crippen LogP contribution in [0.3, 0.4) is 0 Å². The maximum Gasteiger partial charge on any atom is 0.244 e. The van der Waals surface area contributed by atoms with Crippen molar-refractivity contribution < 1.29 is 9.53 Å². The van der Waals surface area contributed by atoms with Gasteiger partial charge in [-0.25, -0.2) is 0 Å². The average molecular weight is 232 g/mol. The van der Waals surface area contributed by atoms with Gasteiger partial charge in [0.05, 0.1) is 18.3 Å². The lowest BCUT2D eigenvalue weighted by Crippen LogP contribution is -2.47. The molecule has 0 aliphatic carbocycles. The fourth-order valence-electron chi connectivity index (χ4n) is 1.88. The van der Waals surface area contributed by atoms with Gasteiger partial charge in [-0.3, -0.25) is 4.79 Å². The van der Waals surface area contributed by atoms with Crippen LogP contribution in [0.2, 0.25) is 0 Å². The van der Waals surface area contributed by atoms with Crippen molar-refractivity contribution in [1.29, 1.82) is 0 Å². The number of anilines is 1. The number of nitrogens with two attached hydrogens (primary N) is 1. The van der Waals surface area contributed by atoms with E-state index in [1.807, 2.05) is 24.3 Å². The minimum atomic E-state index is -0.529. The quantitative estimate of drug-likeness (QED) is 0.799. The van der Waals surface area contributed by atoms with Crippen molar-refractivity contribution >= 4 is 11.6 Å². The fraction of sp³-hybridized carbons (Fsp3) is 0.308. The standard InChI is InChI=1S/C13H16N2O2/c1-2-5-10(14)13(16)15-8-9-17-12-7-4-3-6-11(12)15/h2-4,6-7,10H,1,5,8-9,14H2. The van der Waals surface area contributed by atoms with E-state index in [4.69, 9.17) is 10.5 Å². The highest BCUT2D eigenvalue weighted by atomic mass is 16.5. The normalized spacial score (nSPS) is 15.7. The van der Waals surface area contributed by atoms with E-state index in [0.717, 1.165) is 11.4 Å². The summed E-state index contributed by atoms with van der Waals surface area (Å²) in [5.74, 6) is 0.651. The second kappa shape index (κ2) is 5.01. The predicted molar refractivity (Wildman–Crippen MR) is 67.1 cm³/mol. The second-order valence-corrected chi connectivity index (χ2v) is 3.94. The SMILES string of the molecule is C=CCC(N)C(=O)N1CCOc2ccccc21. The molecule has 0 aromatic heterocycles. The second-order valence-electron chi connectivity index (χ2n) is 3.94. The minimum Gasteiger partial charge on any atom is -0.490 e. The molecule has 1 heterocycles. The number of hydrogen-bond donors (Lipinski definition) is 1. The van der Waals surface area contributed by atoms with E-state index in [0.29, 0.717) is 19.6 Å². The number of amides is 1. The lowest BCUT2D eigenvalue weighted by Gasteiger charge is -2.31. The smallest absolute Gasteiger partial charge is 0.244 e. The Balaban J connectivity index is 2.23. The first-order chi connectivity index (χ1) is 8.24. The van der Waals surface area contributed by atoms with Gasteiger partial charge in [0.15, 0.2) is 0 Å². The molecule has 1 aliphatic heterocycles. The van der Waals surface area contributed by atoms with E-state index in [1.54, 1.807) is 11.0 Å². The van der Waals surface area contributed by atoms with Crippen LogP contribution in [0.4, 0.5) is 5.69 Å². The number of fused-ring (bicyclic) bond motifs is 1. The van der Waals surface area contributed by atoms with Gasteiger partial charge in [-0.15, -0.1) is 6.58 Å². The van der Waals surface area contributed by atoms with E-state index in [9.17, 15) is 4.79 Å². The van der Waals surface area contributed by atoms with Crippen molar-refractivity contribution in [2.75, 3.05) is 18.1 Å². The Morgan fingerprint density at radius 2 is 2.35 bits per heavy atom. The molecule has 0 radical (unpaired) electrons. The maximum atomic E-state index is 12.1. The fourth-order valence-corrected chi connectivity index (χ4v) is 1.88. The van der Waals surface area contributed by atoms with Crippen LogP contribution in [0.15, 0.2) is 36.9 Å². The molecule has 4 nitrogen and oxygen atoms in total. The predicted octanol–water partition coefficient (Wildman–Crippen LogP) is 1.32. The van der Waals surface area contributed by atoms with Crippen LogP contribution in [-0.2, 0) is 4.79 Å². The number of benzene rings is 1. The summed E-state index contributed by atoms with van der Waals surface area (Å²) in [5, 5.41) is 0. The van der Waals surface area contributed by atoms with E-state index in [-0.39, 0.29) is 5.91 Å². The van der Waals surface area contributed by atoms with Gasteiger partial charge in [0.2, 0.25) is 5.91 Å². The number of carbonyl (C=O) groups excluding carboxylic acids is 1. The Bertz CT molecular complexity index is 431. The van der Waals surface area contributed by atoms with Crippen LogP contribution in [0.1, 0.15) is 6.42 Å². The summed E-state index contributed by atoms with van der Waals surface area (Å²) in [6.07, 6.45) is 2.15. The van der Waals surface area contributed by atoms with Crippen LogP contribution in [-0.4, -0.2) is 25.1 Å². The molecule has 4 heteroatoms. The van der Waals surface area contributed by atoms with Crippen LogP contribution < -0.4 is 15.4 Å². The summed E-state index contributed by atoms with van der Waals surface area (Å²) >= 11 is 0. The highest BCUT2D eigenvalue weighted by Crippen LogP contribution is 2.31. The Morgan fingerprint density at radius 1 is 1.59 bits per heavy atom. The molecule has 0 bridgehead atoms. The Kier molecular flexibility index (Phi) is 3.44. The number of carbonyl (C=O) groups is 1. The number of ether oxygens (including phenoxy) is 1. The summed E-state index contributed by atoms with van der Waals surface area (Å²) in [7, 11) is 0. The monoisotopic (exact) mass is 232 g/mol. The van der Waals surface area contributed by atoms with E-state index in [2.05, 4.69) is 6.58 Å². The van der Waals surface area contributed by atoms with E-state index in [1.165, 1.54) is 0 Å². The van der Waals surface area contributed by atoms with Gasteiger partial charge in [0.1, 0.15) is 12.4 Å². The third kappa shape index (κ3) is 2.31. The van der Waals surface area contributed by atoms with Crippen molar-refractivity contribution in [3.05, 3.63) is 36.9 Å². The molecule has 0 fully saturated rings. The van der Waals surface area contributed by atoms with Crippen LogP contribution in [0.5, 0.6) is 5.75 Å². The zero-order valence-electron chi connectivity index (χ0n) is 9.63. The lowest BCUT2D eigenvalue weighted by atomic mass is 10.1. The van der Waals surface area contributed by atoms with Crippen molar-refractivity contribution in [3.63, 3.8) is 0 Å². The molecule has 1 aromatic carbocycles. The molecule has 0 spiro atoms. The molecule has 1 amide bonds. The summed E-state index contributed by atoms with van der Waals surface area (Å²) in [4.78, 5) is 13.8. The van der Waals surface area contributed by atoms with Gasteiger partial charge >= 0.3 is 0 Å². The highest BCUT2D eigenvalue weighted by molar-refractivity contribution is 5.98. The molecule has 1 atom stereocenters. The first kappa shape index (κ1) is 11.7. The molecule has 1 aromatic rings. The molecule has 2 N–H and O–H groups in total. The highest BCUT2D eigenvalue weighted by Gasteiger charge is 2.26. The molecule has 0 saturated heterocycles. The van der Waals surface area contributed by atoms with E-state index < -0.39 is 6.04 Å². The number of para-hydroxylation sites is 2. The summed E-state index contributed by atoms with van der Waals surface area (Å²) < 4.78 is 5.49. The van der Waals surface area contributed by atoms with Gasteiger partial charge in [-0.2, -0.15) is 0 Å². The Morgan fingerprint density at radius 3 is 3.12 bits per heavy atom. The first-order valence-electron chi connectivity index (χ1n) is 5.63. The summed E-state index contributed by atoms with van der Waals surface area (Å²) in [6.45, 7) is 4.64. The zero-order valence-corrected chi connectivity index (χ0v) is 9.63. The van der Waals surface area contributed by atoms with Gasteiger partial charge in [-0.05, 0) is 18.6 Å². The number of nitrogens with zero attached hydrogens (tertiary/aromatic N) is 1. The van der Waals surface area contributed by atoms with Crippen molar-refractivity contribution in [2.45, 2.75) is 12.5 Å². The van der Waals surface area contributed by atoms with Crippen molar-refractivity contribution in [3.8, 4) is 5.75 Å². The molecule has 17 heavy (non-hydrogen) atoms. The average Bonchev–Trinajstić information content (AvgIpc) is 2.37. The molecule has 1 unspecified atom stereocenters. The van der Waals surface area contributed by atoms with Gasteiger partial charge in [0.25, 0.3) is 0 Å². The van der Waals surface area contributed by atoms with Gasteiger partial charge < -0.3 is 15.4 Å². The molecule has 0 saturated carbocycles. The van der Waals surface area contributed by atoms with Crippen LogP contribution in [0.25, 0.3) is 0 Å². The molecule has 1 aliphatic rings. The lowest BCUT2D eigenvalue weighted by molar-refractivity contribution is -0.120. The minimum absolute atomic E-state index is 0.0827. The van der Waals surface area contributed by atoms with Gasteiger partial charge in [-0.1, -0.05) is 18.2 Å². The zero-order chi connectivity index (χ0) is 12.3. The van der Waals surface area contributed by atoms with Gasteiger partial charge in [0, 0.05) is 0 Å². The third-order valence-corrected chi connectivity index (χ3v) is 2.73. The van der Waals surface area contributed by atoms with Crippen LogP contribution in [0, 0.1) is 0 Å². The summed E-state index contributed by atoms with van der Waals surface area (Å²) in [5.41, 5.74) is 6.61. The number of rotatable bonds is 3. The molecule has 90 valence electrons. The molecular formula is C13H16N2O2. The van der Waals surface area contributed by atoms with Crippen molar-refractivity contribution in [2.24, 2.45) is 5.73 Å². The molecule has 2 rings (SSSR count). The van der Waals surface area contributed by atoms with E-state index >= 15 is 0 Å².